The molecule has 0 bridgehead atoms. The van der Waals surface area contributed by atoms with Crippen LogP contribution in [-0.4, -0.2) is 12.3 Å². The minimum atomic E-state index is -0.599. The Balaban J connectivity index is 0.000000956. The maximum Gasteiger partial charge on any atom is 0.336 e. The lowest BCUT2D eigenvalue weighted by atomic mass is 9.87. The molecule has 0 aliphatic carbocycles. The van der Waals surface area contributed by atoms with E-state index < -0.39 is 6.29 Å². The molecule has 0 spiro atoms. The van der Waals surface area contributed by atoms with Gasteiger partial charge in [0.05, 0.1) is 0 Å². The van der Waals surface area contributed by atoms with E-state index in [9.17, 15) is 4.79 Å². The highest BCUT2D eigenvalue weighted by molar-refractivity contribution is 5.90. The first-order valence-corrected chi connectivity index (χ1v) is 7.03. The van der Waals surface area contributed by atoms with Gasteiger partial charge in [0, 0.05) is 11.6 Å². The van der Waals surface area contributed by atoms with Crippen molar-refractivity contribution < 1.29 is 14.3 Å². The van der Waals surface area contributed by atoms with Crippen molar-refractivity contribution in [1.82, 2.24) is 0 Å². The number of carbonyl (C=O) groups excluding carboxylic acids is 1. The third-order valence-electron chi connectivity index (χ3n) is 2.90. The van der Waals surface area contributed by atoms with Gasteiger partial charge in [0.2, 0.25) is 0 Å². The molecule has 0 saturated carbocycles. The number of benzene rings is 1. The molecule has 1 aromatic rings. The van der Waals surface area contributed by atoms with E-state index in [2.05, 4.69) is 20.8 Å². The molecule has 2 rings (SSSR count). The zero-order valence-corrected chi connectivity index (χ0v) is 13.2. The molecule has 0 aromatic heterocycles. The fourth-order valence-corrected chi connectivity index (χ4v) is 1.73. The Morgan fingerprint density at radius 1 is 1.10 bits per heavy atom. The van der Waals surface area contributed by atoms with Crippen molar-refractivity contribution in [3.8, 4) is 5.75 Å². The van der Waals surface area contributed by atoms with Gasteiger partial charge in [-0.3, -0.25) is 0 Å². The minimum Gasteiger partial charge on any atom is -0.451 e. The Morgan fingerprint density at radius 2 is 1.65 bits per heavy atom. The molecule has 0 saturated heterocycles. The van der Waals surface area contributed by atoms with E-state index in [0.717, 1.165) is 0 Å². The van der Waals surface area contributed by atoms with Crippen molar-refractivity contribution in [2.45, 2.75) is 53.2 Å². The Labute approximate surface area is 121 Å². The van der Waals surface area contributed by atoms with Gasteiger partial charge in [-0.25, -0.2) is 4.79 Å². The van der Waals surface area contributed by atoms with E-state index in [1.54, 1.807) is 13.0 Å². The van der Waals surface area contributed by atoms with E-state index in [0.29, 0.717) is 11.3 Å². The summed E-state index contributed by atoms with van der Waals surface area (Å²) in [5.41, 5.74) is 1.95. The molecule has 1 atom stereocenters. The van der Waals surface area contributed by atoms with E-state index in [1.165, 1.54) is 5.56 Å². The average Bonchev–Trinajstić information content (AvgIpc) is 2.70. The van der Waals surface area contributed by atoms with Crippen LogP contribution in [-0.2, 0) is 14.9 Å². The standard InChI is InChI=1S/C15H18O3.C2H6/c1-10-9-13(18-14(10)16)17-12-7-5-11(6-8-12)15(2,3)4;1-2/h5-9,13H,1-4H3;1-2H3. The summed E-state index contributed by atoms with van der Waals surface area (Å²) in [5, 5.41) is 0. The molecule has 1 aliphatic rings. The minimum absolute atomic E-state index is 0.120. The van der Waals surface area contributed by atoms with Gasteiger partial charge >= 0.3 is 5.97 Å². The summed E-state index contributed by atoms with van der Waals surface area (Å²) >= 11 is 0. The first-order chi connectivity index (χ1) is 9.36. The maximum atomic E-state index is 11.2. The molecule has 3 heteroatoms. The molecule has 1 aliphatic heterocycles. The highest BCUT2D eigenvalue weighted by Crippen LogP contribution is 2.25. The van der Waals surface area contributed by atoms with Gasteiger partial charge in [-0.15, -0.1) is 0 Å². The second kappa shape index (κ2) is 6.60. The lowest BCUT2D eigenvalue weighted by Crippen LogP contribution is -2.16. The SMILES string of the molecule is CC.CC1=CC(Oc2ccc(C(C)(C)C)cc2)OC1=O. The molecule has 1 unspecified atom stereocenters. The van der Waals surface area contributed by atoms with Gasteiger partial charge in [-0.05, 0) is 30.0 Å². The quantitative estimate of drug-likeness (QED) is 0.759. The Hall–Kier alpha value is -1.77. The summed E-state index contributed by atoms with van der Waals surface area (Å²) in [6.07, 6.45) is 1.08. The number of carbonyl (C=O) groups is 1. The van der Waals surface area contributed by atoms with Crippen molar-refractivity contribution in [3.05, 3.63) is 41.5 Å². The predicted octanol–water partition coefficient (Wildman–Crippen LogP) is 4.22. The highest BCUT2D eigenvalue weighted by atomic mass is 16.7. The number of hydrogen-bond donors (Lipinski definition) is 0. The van der Waals surface area contributed by atoms with Crippen molar-refractivity contribution in [1.29, 1.82) is 0 Å². The number of hydrogen-bond acceptors (Lipinski definition) is 3. The lowest BCUT2D eigenvalue weighted by Gasteiger charge is -2.19. The third kappa shape index (κ3) is 4.12. The summed E-state index contributed by atoms with van der Waals surface area (Å²) < 4.78 is 10.6. The first-order valence-electron chi connectivity index (χ1n) is 7.03. The molecule has 3 nitrogen and oxygen atoms in total. The summed E-state index contributed by atoms with van der Waals surface area (Å²) in [5.74, 6) is 0.387. The van der Waals surface area contributed by atoms with Crippen LogP contribution in [0.4, 0.5) is 0 Å². The van der Waals surface area contributed by atoms with Crippen LogP contribution in [0, 0.1) is 0 Å². The zero-order valence-electron chi connectivity index (χ0n) is 13.2. The normalized spacial score (nSPS) is 17.8. The van der Waals surface area contributed by atoms with Crippen LogP contribution in [0.1, 0.15) is 47.1 Å². The van der Waals surface area contributed by atoms with Crippen molar-refractivity contribution in [2.75, 3.05) is 0 Å². The van der Waals surface area contributed by atoms with Crippen LogP contribution in [0.25, 0.3) is 0 Å². The highest BCUT2D eigenvalue weighted by Gasteiger charge is 2.23. The van der Waals surface area contributed by atoms with Crippen molar-refractivity contribution >= 4 is 5.97 Å². The molecule has 20 heavy (non-hydrogen) atoms. The van der Waals surface area contributed by atoms with Crippen molar-refractivity contribution in [2.24, 2.45) is 0 Å². The van der Waals surface area contributed by atoms with Crippen LogP contribution in [0.5, 0.6) is 5.75 Å². The fourth-order valence-electron chi connectivity index (χ4n) is 1.73. The lowest BCUT2D eigenvalue weighted by molar-refractivity contribution is -0.148. The van der Waals surface area contributed by atoms with Gasteiger partial charge in [-0.2, -0.15) is 0 Å². The largest absolute Gasteiger partial charge is 0.451 e. The molecular weight excluding hydrogens is 252 g/mol. The molecule has 0 amide bonds. The van der Waals surface area contributed by atoms with Gasteiger partial charge in [0.1, 0.15) is 5.75 Å². The second-order valence-corrected chi connectivity index (χ2v) is 5.52. The zero-order chi connectivity index (χ0) is 15.3. The van der Waals surface area contributed by atoms with Crippen molar-refractivity contribution in [3.63, 3.8) is 0 Å². The molecule has 0 N–H and O–H groups in total. The van der Waals surface area contributed by atoms with Crippen LogP contribution in [0.3, 0.4) is 0 Å². The Morgan fingerprint density at radius 3 is 2.05 bits per heavy atom. The Kier molecular flexibility index (Phi) is 5.37. The smallest absolute Gasteiger partial charge is 0.336 e. The summed E-state index contributed by atoms with van der Waals surface area (Å²) in [6.45, 7) is 12.2. The molecule has 1 aromatic carbocycles. The molecule has 0 fully saturated rings. The van der Waals surface area contributed by atoms with E-state index in [-0.39, 0.29) is 11.4 Å². The van der Waals surface area contributed by atoms with Crippen LogP contribution in [0.15, 0.2) is 35.9 Å². The number of rotatable bonds is 2. The Bertz CT molecular complexity index is 478. The van der Waals surface area contributed by atoms with Crippen LogP contribution >= 0.6 is 0 Å². The fraction of sp³-hybridized carbons (Fsp3) is 0.471. The molecule has 0 radical (unpaired) electrons. The first kappa shape index (κ1) is 16.3. The monoisotopic (exact) mass is 276 g/mol. The number of esters is 1. The number of cyclic esters (lactones) is 1. The van der Waals surface area contributed by atoms with Gasteiger partial charge < -0.3 is 9.47 Å². The molecule has 1 heterocycles. The van der Waals surface area contributed by atoms with E-state index >= 15 is 0 Å². The van der Waals surface area contributed by atoms with Gasteiger partial charge in [0.25, 0.3) is 6.29 Å². The molecule has 110 valence electrons. The van der Waals surface area contributed by atoms with Crippen LogP contribution < -0.4 is 4.74 Å². The predicted molar refractivity (Wildman–Crippen MR) is 80.8 cm³/mol. The second-order valence-electron chi connectivity index (χ2n) is 5.52. The summed E-state index contributed by atoms with van der Waals surface area (Å²) in [7, 11) is 0. The van der Waals surface area contributed by atoms with Gasteiger partial charge in [-0.1, -0.05) is 46.8 Å². The summed E-state index contributed by atoms with van der Waals surface area (Å²) in [4.78, 5) is 11.2. The van der Waals surface area contributed by atoms with Gasteiger partial charge in [0.15, 0.2) is 0 Å². The average molecular weight is 276 g/mol. The maximum absolute atomic E-state index is 11.2. The van der Waals surface area contributed by atoms with E-state index in [4.69, 9.17) is 9.47 Å². The van der Waals surface area contributed by atoms with Crippen LogP contribution in [0.2, 0.25) is 0 Å². The third-order valence-corrected chi connectivity index (χ3v) is 2.90. The number of ether oxygens (including phenoxy) is 2. The summed E-state index contributed by atoms with van der Waals surface area (Å²) in [6, 6.07) is 7.86. The van der Waals surface area contributed by atoms with E-state index in [1.807, 2.05) is 38.1 Å². The molecular formula is C17H24O3. The topological polar surface area (TPSA) is 35.5 Å².